The Bertz CT molecular complexity index is 1000. The molecular formula is C23H25ClN5O+. The number of quaternary nitrogens is 1. The predicted octanol–water partition coefficient (Wildman–Crippen LogP) is 1.94. The number of halogens is 1. The molecule has 1 saturated heterocycles. The van der Waals surface area contributed by atoms with Crippen molar-refractivity contribution in [2.75, 3.05) is 61.5 Å². The molecule has 0 atom stereocenters. The lowest BCUT2D eigenvalue weighted by atomic mass is 10.1. The summed E-state index contributed by atoms with van der Waals surface area (Å²) in [5.74, 6) is 0.547. The summed E-state index contributed by atoms with van der Waals surface area (Å²) in [7, 11) is 3.80. The van der Waals surface area contributed by atoms with Crippen molar-refractivity contribution in [1.82, 2.24) is 0 Å². The molecule has 0 bridgehead atoms. The lowest BCUT2D eigenvalue weighted by Crippen LogP contribution is -3.15. The summed E-state index contributed by atoms with van der Waals surface area (Å²) in [5, 5.41) is 10.5. The van der Waals surface area contributed by atoms with Gasteiger partial charge in [0.2, 0.25) is 5.78 Å². The Hall–Kier alpha value is -3.01. The van der Waals surface area contributed by atoms with Gasteiger partial charge in [0.1, 0.15) is 24.0 Å². The number of carbonyl (C=O) groups excluding carboxylic acids is 1. The number of piperazine rings is 1. The maximum Gasteiger partial charge on any atom is 0.231 e. The maximum atomic E-state index is 13.1. The van der Waals surface area contributed by atoms with Crippen LogP contribution in [0.2, 0.25) is 5.02 Å². The van der Waals surface area contributed by atoms with E-state index in [0.717, 1.165) is 48.3 Å². The van der Waals surface area contributed by atoms with Crippen molar-refractivity contribution in [2.24, 2.45) is 0 Å². The molecule has 1 fully saturated rings. The SMILES string of the molecule is CN1C(=C(C#N)C(=O)C[NH+]2CCN(c3cccc(Cl)c3)CC2)N(C)c2ccccc21. The number of hydrogen-bond acceptors (Lipinski definition) is 5. The monoisotopic (exact) mass is 422 g/mol. The molecule has 1 N–H and O–H groups in total. The zero-order valence-electron chi connectivity index (χ0n) is 17.2. The van der Waals surface area contributed by atoms with Crippen LogP contribution in [0.15, 0.2) is 59.9 Å². The number of nitrogens with zero attached hydrogens (tertiary/aromatic N) is 4. The number of nitrogens with one attached hydrogen (secondary N) is 1. The highest BCUT2D eigenvalue weighted by Crippen LogP contribution is 2.40. The van der Waals surface area contributed by atoms with Crippen LogP contribution in [0.5, 0.6) is 0 Å². The number of para-hydroxylation sites is 2. The van der Waals surface area contributed by atoms with Crippen molar-refractivity contribution in [1.29, 1.82) is 5.26 Å². The first kappa shape index (κ1) is 20.3. The quantitative estimate of drug-likeness (QED) is 0.602. The molecule has 4 rings (SSSR count). The first-order chi connectivity index (χ1) is 14.5. The van der Waals surface area contributed by atoms with Crippen LogP contribution < -0.4 is 19.6 Å². The molecule has 0 spiro atoms. The van der Waals surface area contributed by atoms with Crippen LogP contribution in [0.4, 0.5) is 17.1 Å². The van der Waals surface area contributed by atoms with Crippen molar-refractivity contribution in [3.8, 4) is 6.07 Å². The number of carbonyl (C=O) groups is 1. The number of ketones is 1. The van der Waals surface area contributed by atoms with Gasteiger partial charge in [0.15, 0.2) is 0 Å². The van der Waals surface area contributed by atoms with Crippen molar-refractivity contribution in [3.63, 3.8) is 0 Å². The Morgan fingerprint density at radius 3 is 2.27 bits per heavy atom. The molecule has 2 aromatic carbocycles. The van der Waals surface area contributed by atoms with Gasteiger partial charge in [-0.3, -0.25) is 4.79 Å². The fraction of sp³-hybridized carbons (Fsp3) is 0.304. The van der Waals surface area contributed by atoms with E-state index in [0.29, 0.717) is 12.4 Å². The van der Waals surface area contributed by atoms with Gasteiger partial charge in [0.05, 0.1) is 37.6 Å². The largest absolute Gasteiger partial charge is 0.360 e. The summed E-state index contributed by atoms with van der Waals surface area (Å²) in [4.78, 5) is 20.4. The number of rotatable bonds is 4. The van der Waals surface area contributed by atoms with Gasteiger partial charge < -0.3 is 19.6 Å². The van der Waals surface area contributed by atoms with E-state index < -0.39 is 0 Å². The molecule has 2 aromatic rings. The van der Waals surface area contributed by atoms with Gasteiger partial charge in [-0.25, -0.2) is 0 Å². The van der Waals surface area contributed by atoms with Crippen LogP contribution in [0.3, 0.4) is 0 Å². The first-order valence-corrected chi connectivity index (χ1v) is 10.5. The Labute approximate surface area is 182 Å². The van der Waals surface area contributed by atoms with Crippen LogP contribution in [0, 0.1) is 11.3 Å². The van der Waals surface area contributed by atoms with E-state index in [-0.39, 0.29) is 11.4 Å². The van der Waals surface area contributed by atoms with E-state index in [2.05, 4.69) is 17.0 Å². The summed E-state index contributed by atoms with van der Waals surface area (Å²) in [6.07, 6.45) is 0. The van der Waals surface area contributed by atoms with Crippen molar-refractivity contribution in [2.45, 2.75) is 0 Å². The standard InChI is InChI=1S/C23H24ClN5O/c1-26-20-8-3-4-9-21(20)27(2)23(26)19(15-25)22(30)16-28-10-12-29(13-11-28)18-7-5-6-17(24)14-18/h3-9,14H,10-13,16H2,1-2H3/p+1. The van der Waals surface area contributed by atoms with Gasteiger partial charge in [-0.15, -0.1) is 0 Å². The number of nitriles is 1. The number of anilines is 3. The summed E-state index contributed by atoms with van der Waals surface area (Å²) in [6.45, 7) is 3.73. The Morgan fingerprint density at radius 2 is 1.70 bits per heavy atom. The number of fused-ring (bicyclic) bond motifs is 1. The Kier molecular flexibility index (Phi) is 5.67. The zero-order chi connectivity index (χ0) is 21.3. The molecule has 6 nitrogen and oxygen atoms in total. The van der Waals surface area contributed by atoms with Gasteiger partial charge in [-0.05, 0) is 30.3 Å². The summed E-state index contributed by atoms with van der Waals surface area (Å²) in [6, 6.07) is 18.0. The van der Waals surface area contributed by atoms with E-state index in [1.807, 2.05) is 66.4 Å². The van der Waals surface area contributed by atoms with Crippen LogP contribution in [-0.2, 0) is 4.79 Å². The van der Waals surface area contributed by atoms with Gasteiger partial charge in [-0.2, -0.15) is 5.26 Å². The molecule has 0 amide bonds. The van der Waals surface area contributed by atoms with Crippen molar-refractivity contribution >= 4 is 34.4 Å². The summed E-state index contributed by atoms with van der Waals surface area (Å²) >= 11 is 6.11. The fourth-order valence-corrected chi connectivity index (χ4v) is 4.49. The maximum absolute atomic E-state index is 13.1. The molecule has 0 aromatic heterocycles. The van der Waals surface area contributed by atoms with Crippen molar-refractivity contribution in [3.05, 3.63) is 64.9 Å². The number of hydrogen-bond donors (Lipinski definition) is 1. The third kappa shape index (κ3) is 3.74. The molecule has 0 radical (unpaired) electrons. The molecule has 0 unspecified atom stereocenters. The molecule has 2 aliphatic heterocycles. The summed E-state index contributed by atoms with van der Waals surface area (Å²) in [5.41, 5.74) is 3.33. The third-order valence-electron chi connectivity index (χ3n) is 5.91. The molecule has 7 heteroatoms. The van der Waals surface area contributed by atoms with E-state index in [1.54, 1.807) is 0 Å². The zero-order valence-corrected chi connectivity index (χ0v) is 18.0. The topological polar surface area (TPSA) is 55.0 Å². The second-order valence-electron chi connectivity index (χ2n) is 7.73. The van der Waals surface area contributed by atoms with E-state index in [4.69, 9.17) is 11.6 Å². The molecule has 2 aliphatic rings. The van der Waals surface area contributed by atoms with Crippen LogP contribution >= 0.6 is 11.6 Å². The van der Waals surface area contributed by atoms with Crippen LogP contribution in [-0.4, -0.2) is 52.6 Å². The van der Waals surface area contributed by atoms with Crippen LogP contribution in [0.25, 0.3) is 0 Å². The molecule has 0 saturated carbocycles. The van der Waals surface area contributed by atoms with E-state index in [1.165, 1.54) is 4.90 Å². The van der Waals surface area contributed by atoms with E-state index >= 15 is 0 Å². The molecule has 30 heavy (non-hydrogen) atoms. The number of Topliss-reactive ketones (excluding diaryl/α,β-unsaturated/α-hetero) is 1. The van der Waals surface area contributed by atoms with Gasteiger partial charge in [0.25, 0.3) is 0 Å². The van der Waals surface area contributed by atoms with Crippen LogP contribution in [0.1, 0.15) is 0 Å². The molecule has 0 aliphatic carbocycles. The Morgan fingerprint density at radius 1 is 1.07 bits per heavy atom. The first-order valence-electron chi connectivity index (χ1n) is 10.1. The van der Waals surface area contributed by atoms with Gasteiger partial charge in [-0.1, -0.05) is 29.8 Å². The normalized spacial score (nSPS) is 16.5. The van der Waals surface area contributed by atoms with Gasteiger partial charge in [0, 0.05) is 24.8 Å². The minimum Gasteiger partial charge on any atom is -0.360 e. The fourth-order valence-electron chi connectivity index (χ4n) is 4.30. The predicted molar refractivity (Wildman–Crippen MR) is 120 cm³/mol. The highest BCUT2D eigenvalue weighted by atomic mass is 35.5. The highest BCUT2D eigenvalue weighted by Gasteiger charge is 2.33. The third-order valence-corrected chi connectivity index (χ3v) is 6.14. The second kappa shape index (κ2) is 8.39. The minimum atomic E-state index is -0.106. The minimum absolute atomic E-state index is 0.106. The highest BCUT2D eigenvalue weighted by molar-refractivity contribution is 6.30. The van der Waals surface area contributed by atoms with E-state index in [9.17, 15) is 10.1 Å². The number of benzene rings is 2. The average molecular weight is 423 g/mol. The molecular weight excluding hydrogens is 398 g/mol. The lowest BCUT2D eigenvalue weighted by molar-refractivity contribution is -0.892. The Balaban J connectivity index is 1.45. The molecule has 154 valence electrons. The lowest BCUT2D eigenvalue weighted by Gasteiger charge is -2.33. The summed E-state index contributed by atoms with van der Waals surface area (Å²) < 4.78 is 0. The second-order valence-corrected chi connectivity index (χ2v) is 8.17. The van der Waals surface area contributed by atoms with Gasteiger partial charge >= 0.3 is 0 Å². The molecule has 2 heterocycles. The smallest absolute Gasteiger partial charge is 0.231 e. The van der Waals surface area contributed by atoms with Crippen molar-refractivity contribution < 1.29 is 9.69 Å². The average Bonchev–Trinajstić information content (AvgIpc) is 3.00.